The molecule has 0 heterocycles. The Morgan fingerprint density at radius 1 is 0.933 bits per heavy atom. The van der Waals surface area contributed by atoms with Crippen LogP contribution in [0.2, 0.25) is 0 Å². The van der Waals surface area contributed by atoms with E-state index < -0.39 is 0 Å². The van der Waals surface area contributed by atoms with Crippen LogP contribution in [0.25, 0.3) is 0 Å². The molecule has 2 aliphatic carbocycles. The van der Waals surface area contributed by atoms with Crippen molar-refractivity contribution in [1.29, 1.82) is 0 Å². The van der Waals surface area contributed by atoms with Crippen LogP contribution in [-0.4, -0.2) is 12.1 Å². The van der Waals surface area contributed by atoms with Gasteiger partial charge in [-0.2, -0.15) is 0 Å². The van der Waals surface area contributed by atoms with Crippen molar-refractivity contribution in [3.8, 4) is 0 Å². The van der Waals surface area contributed by atoms with Crippen molar-refractivity contribution in [2.75, 3.05) is 0 Å². The highest BCUT2D eigenvalue weighted by Crippen LogP contribution is 2.28. The van der Waals surface area contributed by atoms with Gasteiger partial charge in [0.2, 0.25) is 0 Å². The summed E-state index contributed by atoms with van der Waals surface area (Å²) in [4.78, 5) is 11.6. The summed E-state index contributed by atoms with van der Waals surface area (Å²) in [6, 6.07) is 0. The fourth-order valence-corrected chi connectivity index (χ4v) is 2.87. The molecule has 0 unspecified atom stereocenters. The molecule has 0 aromatic heterocycles. The van der Waals surface area contributed by atoms with Gasteiger partial charge in [0.25, 0.3) is 0 Å². The number of ether oxygens (including phenoxy) is 1. The Bertz CT molecular complexity index is 201. The third kappa shape index (κ3) is 3.51. The molecule has 15 heavy (non-hydrogen) atoms. The Hall–Kier alpha value is -0.530. The topological polar surface area (TPSA) is 26.3 Å². The lowest BCUT2D eigenvalue weighted by Crippen LogP contribution is -2.21. The van der Waals surface area contributed by atoms with E-state index in [1.807, 2.05) is 0 Å². The lowest BCUT2D eigenvalue weighted by Gasteiger charge is -2.22. The minimum absolute atomic E-state index is 0.0637. The first-order chi connectivity index (χ1) is 7.34. The summed E-state index contributed by atoms with van der Waals surface area (Å²) in [5.41, 5.74) is 0. The molecule has 2 saturated carbocycles. The van der Waals surface area contributed by atoms with Crippen LogP contribution in [-0.2, 0) is 9.53 Å². The Balaban J connectivity index is 1.66. The van der Waals surface area contributed by atoms with Crippen molar-refractivity contribution in [1.82, 2.24) is 0 Å². The Morgan fingerprint density at radius 3 is 2.20 bits per heavy atom. The molecular formula is C13H22O2. The molecule has 0 amide bonds. The van der Waals surface area contributed by atoms with Crippen molar-refractivity contribution in [2.45, 2.75) is 70.3 Å². The predicted octanol–water partition coefficient (Wildman–Crippen LogP) is 3.44. The Labute approximate surface area is 92.4 Å². The minimum Gasteiger partial charge on any atom is -0.462 e. The van der Waals surface area contributed by atoms with Crippen molar-refractivity contribution in [3.05, 3.63) is 0 Å². The molecule has 0 spiro atoms. The van der Waals surface area contributed by atoms with E-state index in [4.69, 9.17) is 4.74 Å². The van der Waals surface area contributed by atoms with Crippen LogP contribution in [0.3, 0.4) is 0 Å². The van der Waals surface area contributed by atoms with E-state index in [-0.39, 0.29) is 12.1 Å². The molecule has 2 rings (SSSR count). The van der Waals surface area contributed by atoms with Gasteiger partial charge in [-0.25, -0.2) is 0 Å². The third-order valence-corrected chi connectivity index (χ3v) is 3.78. The highest BCUT2D eigenvalue weighted by molar-refractivity contribution is 5.69. The van der Waals surface area contributed by atoms with Crippen LogP contribution in [0.1, 0.15) is 64.2 Å². The average molecular weight is 210 g/mol. The average Bonchev–Trinajstić information content (AvgIpc) is 2.71. The summed E-state index contributed by atoms with van der Waals surface area (Å²) in [7, 11) is 0. The molecule has 2 heteroatoms. The van der Waals surface area contributed by atoms with Gasteiger partial charge >= 0.3 is 5.97 Å². The molecule has 0 radical (unpaired) electrons. The third-order valence-electron chi connectivity index (χ3n) is 3.78. The summed E-state index contributed by atoms with van der Waals surface area (Å²) in [6.45, 7) is 0. The number of hydrogen-bond donors (Lipinski definition) is 0. The minimum atomic E-state index is 0.0637. The van der Waals surface area contributed by atoms with Gasteiger partial charge in [-0.3, -0.25) is 4.79 Å². The molecule has 86 valence electrons. The lowest BCUT2D eigenvalue weighted by molar-refractivity contribution is -0.151. The first-order valence-electron chi connectivity index (χ1n) is 6.54. The van der Waals surface area contributed by atoms with Crippen molar-refractivity contribution in [2.24, 2.45) is 5.92 Å². The molecule has 2 nitrogen and oxygen atoms in total. The molecule has 2 aliphatic rings. The van der Waals surface area contributed by atoms with Gasteiger partial charge in [0.1, 0.15) is 6.10 Å². The van der Waals surface area contributed by atoms with E-state index >= 15 is 0 Å². The smallest absolute Gasteiger partial charge is 0.306 e. The molecule has 0 aromatic carbocycles. The maximum Gasteiger partial charge on any atom is 0.306 e. The van der Waals surface area contributed by atoms with Crippen LogP contribution in [0.15, 0.2) is 0 Å². The van der Waals surface area contributed by atoms with Gasteiger partial charge in [0.15, 0.2) is 0 Å². The summed E-state index contributed by atoms with van der Waals surface area (Å²) in [5, 5.41) is 0. The van der Waals surface area contributed by atoms with E-state index in [1.165, 1.54) is 44.9 Å². The number of carbonyl (C=O) groups is 1. The molecular weight excluding hydrogens is 188 g/mol. The second kappa shape index (κ2) is 5.53. The highest BCUT2D eigenvalue weighted by atomic mass is 16.5. The molecule has 0 bridgehead atoms. The number of esters is 1. The van der Waals surface area contributed by atoms with Crippen LogP contribution >= 0.6 is 0 Å². The molecule has 0 N–H and O–H groups in total. The first-order valence-corrected chi connectivity index (χ1v) is 6.54. The highest BCUT2D eigenvalue weighted by Gasteiger charge is 2.22. The maximum absolute atomic E-state index is 11.6. The largest absolute Gasteiger partial charge is 0.462 e. The zero-order chi connectivity index (χ0) is 10.5. The van der Waals surface area contributed by atoms with E-state index in [2.05, 4.69) is 0 Å². The monoisotopic (exact) mass is 210 g/mol. The van der Waals surface area contributed by atoms with E-state index in [0.717, 1.165) is 12.8 Å². The van der Waals surface area contributed by atoms with Gasteiger partial charge < -0.3 is 4.74 Å². The second-order valence-electron chi connectivity index (χ2n) is 5.10. The molecule has 0 aromatic rings. The van der Waals surface area contributed by atoms with Crippen LogP contribution in [0.4, 0.5) is 0 Å². The van der Waals surface area contributed by atoms with Crippen LogP contribution in [0, 0.1) is 5.92 Å². The van der Waals surface area contributed by atoms with Crippen LogP contribution in [0.5, 0.6) is 0 Å². The molecule has 0 saturated heterocycles. The lowest BCUT2D eigenvalue weighted by atomic mass is 9.97. The zero-order valence-corrected chi connectivity index (χ0v) is 9.54. The van der Waals surface area contributed by atoms with Gasteiger partial charge in [-0.1, -0.05) is 19.3 Å². The summed E-state index contributed by atoms with van der Waals surface area (Å²) < 4.78 is 5.51. The zero-order valence-electron chi connectivity index (χ0n) is 9.54. The number of carbonyl (C=O) groups excluding carboxylic acids is 1. The van der Waals surface area contributed by atoms with Gasteiger partial charge in [-0.15, -0.1) is 0 Å². The van der Waals surface area contributed by atoms with E-state index in [1.54, 1.807) is 0 Å². The van der Waals surface area contributed by atoms with E-state index in [9.17, 15) is 4.79 Å². The SMILES string of the molecule is O=C(CC1CCCC1)OC1CCCCC1. The van der Waals surface area contributed by atoms with E-state index in [0.29, 0.717) is 12.3 Å². The quantitative estimate of drug-likeness (QED) is 0.667. The fraction of sp³-hybridized carbons (Fsp3) is 0.923. The number of rotatable bonds is 3. The maximum atomic E-state index is 11.6. The Kier molecular flexibility index (Phi) is 4.04. The molecule has 0 aliphatic heterocycles. The van der Waals surface area contributed by atoms with Crippen molar-refractivity contribution < 1.29 is 9.53 Å². The van der Waals surface area contributed by atoms with Gasteiger partial charge in [0.05, 0.1) is 0 Å². The first kappa shape index (κ1) is 11.0. The Morgan fingerprint density at radius 2 is 1.53 bits per heavy atom. The predicted molar refractivity (Wildman–Crippen MR) is 59.5 cm³/mol. The summed E-state index contributed by atoms with van der Waals surface area (Å²) >= 11 is 0. The summed E-state index contributed by atoms with van der Waals surface area (Å²) in [5.74, 6) is 0.690. The standard InChI is InChI=1S/C13H22O2/c14-13(10-11-6-4-5-7-11)15-12-8-2-1-3-9-12/h11-12H,1-10H2. The van der Waals surface area contributed by atoms with Crippen molar-refractivity contribution in [3.63, 3.8) is 0 Å². The van der Waals surface area contributed by atoms with Gasteiger partial charge in [0, 0.05) is 6.42 Å². The normalized spacial score (nSPS) is 24.3. The second-order valence-corrected chi connectivity index (χ2v) is 5.10. The van der Waals surface area contributed by atoms with Crippen LogP contribution < -0.4 is 0 Å². The molecule has 2 fully saturated rings. The fourth-order valence-electron chi connectivity index (χ4n) is 2.87. The summed E-state index contributed by atoms with van der Waals surface area (Å²) in [6.07, 6.45) is 12.0. The molecule has 0 atom stereocenters. The number of hydrogen-bond acceptors (Lipinski definition) is 2. The van der Waals surface area contributed by atoms with Gasteiger partial charge in [-0.05, 0) is 44.4 Å². The van der Waals surface area contributed by atoms with Crippen molar-refractivity contribution >= 4 is 5.97 Å².